The van der Waals surface area contributed by atoms with Crippen molar-refractivity contribution in [1.82, 2.24) is 9.96 Å². The van der Waals surface area contributed by atoms with E-state index in [1.165, 1.54) is 0 Å². The Bertz CT molecular complexity index is 818. The molecule has 2 heterocycles. The molecule has 0 atom stereocenters. The van der Waals surface area contributed by atoms with E-state index < -0.39 is 11.5 Å². The second kappa shape index (κ2) is 7.85. The summed E-state index contributed by atoms with van der Waals surface area (Å²) in [4.78, 5) is 33.6. The van der Waals surface area contributed by atoms with Crippen LogP contribution in [0.3, 0.4) is 0 Å². The third-order valence-electron chi connectivity index (χ3n) is 5.91. The number of esters is 1. The van der Waals surface area contributed by atoms with Gasteiger partial charge in [0.2, 0.25) is 0 Å². The molecule has 0 saturated carbocycles. The molecule has 1 saturated heterocycles. The lowest BCUT2D eigenvalue weighted by molar-refractivity contribution is -0.162. The van der Waals surface area contributed by atoms with Gasteiger partial charge in [0.25, 0.3) is 5.91 Å². The lowest BCUT2D eigenvalue weighted by Crippen LogP contribution is -2.54. The zero-order valence-electron chi connectivity index (χ0n) is 17.1. The number of rotatable bonds is 4. The number of aryl methyl sites for hydroxylation is 2. The van der Waals surface area contributed by atoms with Crippen molar-refractivity contribution in [3.05, 3.63) is 39.4 Å². The molecule has 0 aliphatic carbocycles. The molecule has 28 heavy (non-hydrogen) atoms. The molecule has 6 nitrogen and oxygen atoms in total. The van der Waals surface area contributed by atoms with Gasteiger partial charge in [-0.05, 0) is 62.4 Å². The average molecular weight is 407 g/mol. The molecule has 1 aromatic rings. The van der Waals surface area contributed by atoms with Crippen LogP contribution < -0.4 is 0 Å². The third-order valence-corrected chi connectivity index (χ3v) is 6.13. The second-order valence-electron chi connectivity index (χ2n) is 7.39. The minimum Gasteiger partial charge on any atom is -0.463 e. The minimum atomic E-state index is -0.688. The molecule has 0 aromatic heterocycles. The standard InChI is InChI=1S/C21H27ClN2O4/c1-6-28-20(26)18-17(16-13(2)11-15(22)12-14(16)3)19(25)23(4)21(18)7-9-24(27-5)10-8-21/h11-12H,6-10H2,1-5H3. The van der Waals surface area contributed by atoms with Crippen molar-refractivity contribution in [2.75, 3.05) is 33.9 Å². The molecule has 1 aromatic carbocycles. The SMILES string of the molecule is CCOC(=O)C1=C(c2c(C)cc(Cl)cc2C)C(=O)N(C)C12CCN(OC)CC2. The molecule has 7 heteroatoms. The highest BCUT2D eigenvalue weighted by Gasteiger charge is 2.54. The van der Waals surface area contributed by atoms with E-state index in [0.29, 0.717) is 42.1 Å². The highest BCUT2D eigenvalue weighted by Crippen LogP contribution is 2.47. The maximum Gasteiger partial charge on any atom is 0.337 e. The van der Waals surface area contributed by atoms with E-state index in [1.54, 1.807) is 26.0 Å². The first-order chi connectivity index (χ1) is 13.3. The van der Waals surface area contributed by atoms with Crippen molar-refractivity contribution in [2.45, 2.75) is 39.2 Å². The number of halogens is 1. The highest BCUT2D eigenvalue weighted by molar-refractivity contribution is 6.32. The number of hydroxylamine groups is 2. The van der Waals surface area contributed by atoms with Gasteiger partial charge >= 0.3 is 5.97 Å². The summed E-state index contributed by atoms with van der Waals surface area (Å²) in [6, 6.07) is 3.65. The topological polar surface area (TPSA) is 59.1 Å². The van der Waals surface area contributed by atoms with E-state index in [9.17, 15) is 9.59 Å². The van der Waals surface area contributed by atoms with Crippen LogP contribution in [0.2, 0.25) is 5.02 Å². The van der Waals surface area contributed by atoms with Gasteiger partial charge in [-0.2, -0.15) is 5.06 Å². The van der Waals surface area contributed by atoms with Crippen LogP contribution in [0.5, 0.6) is 0 Å². The van der Waals surface area contributed by atoms with E-state index >= 15 is 0 Å². The molecule has 152 valence electrons. The number of carbonyl (C=O) groups is 2. The first-order valence-electron chi connectivity index (χ1n) is 9.53. The van der Waals surface area contributed by atoms with Crippen LogP contribution in [0.15, 0.2) is 17.7 Å². The smallest absolute Gasteiger partial charge is 0.337 e. The Kier molecular flexibility index (Phi) is 5.84. The van der Waals surface area contributed by atoms with Crippen molar-refractivity contribution in [1.29, 1.82) is 0 Å². The quantitative estimate of drug-likeness (QED) is 0.719. The molecule has 2 aliphatic heterocycles. The van der Waals surface area contributed by atoms with E-state index in [4.69, 9.17) is 21.2 Å². The first-order valence-corrected chi connectivity index (χ1v) is 9.90. The van der Waals surface area contributed by atoms with Crippen LogP contribution in [-0.2, 0) is 19.2 Å². The third kappa shape index (κ3) is 3.23. The number of benzene rings is 1. The van der Waals surface area contributed by atoms with Crippen LogP contribution in [0.4, 0.5) is 0 Å². The monoisotopic (exact) mass is 406 g/mol. The van der Waals surface area contributed by atoms with E-state index in [1.807, 2.05) is 31.0 Å². The van der Waals surface area contributed by atoms with Gasteiger partial charge in [0.15, 0.2) is 0 Å². The van der Waals surface area contributed by atoms with Crippen LogP contribution in [0, 0.1) is 13.8 Å². The Morgan fingerprint density at radius 3 is 2.29 bits per heavy atom. The second-order valence-corrected chi connectivity index (χ2v) is 7.83. The van der Waals surface area contributed by atoms with Crippen molar-refractivity contribution in [2.24, 2.45) is 0 Å². The van der Waals surface area contributed by atoms with E-state index in [-0.39, 0.29) is 12.5 Å². The summed E-state index contributed by atoms with van der Waals surface area (Å²) in [6.07, 6.45) is 1.21. The maximum atomic E-state index is 13.4. The molecule has 0 unspecified atom stereocenters. The van der Waals surface area contributed by atoms with Crippen LogP contribution in [0.25, 0.3) is 5.57 Å². The van der Waals surface area contributed by atoms with Gasteiger partial charge < -0.3 is 14.5 Å². The number of nitrogens with zero attached hydrogens (tertiary/aromatic N) is 2. The molecule has 1 fully saturated rings. The first kappa shape index (κ1) is 20.8. The number of carbonyl (C=O) groups excluding carboxylic acids is 2. The maximum absolute atomic E-state index is 13.4. The lowest BCUT2D eigenvalue weighted by atomic mass is 9.79. The van der Waals surface area contributed by atoms with Crippen molar-refractivity contribution in [3.8, 4) is 0 Å². The van der Waals surface area contributed by atoms with Gasteiger partial charge in [0.05, 0.1) is 30.4 Å². The highest BCUT2D eigenvalue weighted by atomic mass is 35.5. The van der Waals surface area contributed by atoms with Crippen molar-refractivity contribution < 1.29 is 19.2 Å². The van der Waals surface area contributed by atoms with Gasteiger partial charge in [0.1, 0.15) is 0 Å². The molecule has 0 radical (unpaired) electrons. The summed E-state index contributed by atoms with van der Waals surface area (Å²) >= 11 is 6.19. The van der Waals surface area contributed by atoms with Crippen molar-refractivity contribution >= 4 is 29.1 Å². The zero-order chi connectivity index (χ0) is 20.6. The Hall–Kier alpha value is -1.89. The summed E-state index contributed by atoms with van der Waals surface area (Å²) < 4.78 is 5.41. The van der Waals surface area contributed by atoms with Crippen LogP contribution in [-0.4, -0.2) is 61.2 Å². The molecule has 0 bridgehead atoms. The predicted molar refractivity (Wildman–Crippen MR) is 108 cm³/mol. The van der Waals surface area contributed by atoms with Gasteiger partial charge in [0, 0.05) is 25.2 Å². The number of hydrogen-bond acceptors (Lipinski definition) is 5. The summed E-state index contributed by atoms with van der Waals surface area (Å²) in [6.45, 7) is 7.11. The van der Waals surface area contributed by atoms with E-state index in [2.05, 4.69) is 0 Å². The molecule has 1 spiro atoms. The Labute approximate surface area is 171 Å². The van der Waals surface area contributed by atoms with Crippen LogP contribution in [0.1, 0.15) is 36.5 Å². The normalized spacial score (nSPS) is 19.6. The van der Waals surface area contributed by atoms with Gasteiger partial charge in [-0.3, -0.25) is 4.79 Å². The van der Waals surface area contributed by atoms with E-state index in [0.717, 1.165) is 16.7 Å². The van der Waals surface area contributed by atoms with Gasteiger partial charge in [-0.15, -0.1) is 0 Å². The Morgan fingerprint density at radius 2 is 1.79 bits per heavy atom. The summed E-state index contributed by atoms with van der Waals surface area (Å²) in [5.74, 6) is -0.572. The fourth-order valence-electron chi connectivity index (χ4n) is 4.53. The van der Waals surface area contributed by atoms with Gasteiger partial charge in [-0.1, -0.05) is 11.6 Å². The zero-order valence-corrected chi connectivity index (χ0v) is 17.9. The molecule has 2 aliphatic rings. The minimum absolute atomic E-state index is 0.151. The molecular weight excluding hydrogens is 380 g/mol. The molecular formula is C21H27ClN2O4. The number of amides is 1. The Morgan fingerprint density at radius 1 is 1.21 bits per heavy atom. The van der Waals surface area contributed by atoms with Crippen molar-refractivity contribution in [3.63, 3.8) is 0 Å². The molecule has 3 rings (SSSR count). The largest absolute Gasteiger partial charge is 0.463 e. The number of ether oxygens (including phenoxy) is 1. The number of likely N-dealkylation sites (N-methyl/N-ethyl adjacent to an activating group) is 1. The average Bonchev–Trinajstić information content (AvgIpc) is 2.84. The molecule has 1 amide bonds. The fourth-order valence-corrected chi connectivity index (χ4v) is 4.85. The summed E-state index contributed by atoms with van der Waals surface area (Å²) in [5.41, 5.74) is 2.73. The fraction of sp³-hybridized carbons (Fsp3) is 0.524. The summed E-state index contributed by atoms with van der Waals surface area (Å²) in [5, 5.41) is 2.46. The molecule has 0 N–H and O–H groups in total. The number of piperidine rings is 1. The summed E-state index contributed by atoms with van der Waals surface area (Å²) in [7, 11) is 3.41. The lowest BCUT2D eigenvalue weighted by Gasteiger charge is -2.43. The van der Waals surface area contributed by atoms with Crippen LogP contribution >= 0.6 is 11.6 Å². The predicted octanol–water partition coefficient (Wildman–Crippen LogP) is 3.14. The number of hydrogen-bond donors (Lipinski definition) is 0. The van der Waals surface area contributed by atoms with Gasteiger partial charge in [-0.25, -0.2) is 4.79 Å². The Balaban J connectivity index is 2.24.